The van der Waals surface area contributed by atoms with Gasteiger partial charge in [0.15, 0.2) is 0 Å². The summed E-state index contributed by atoms with van der Waals surface area (Å²) >= 11 is 0. The number of halogens is 1. The van der Waals surface area contributed by atoms with Crippen molar-refractivity contribution in [3.63, 3.8) is 0 Å². The molecule has 0 atom stereocenters. The van der Waals surface area contributed by atoms with Gasteiger partial charge in [-0.05, 0) is 36.4 Å². The molecule has 0 saturated carbocycles. The first-order chi connectivity index (χ1) is 9.29. The smallest absolute Gasteiger partial charge is 0.240 e. The zero-order valence-electron chi connectivity index (χ0n) is 10.7. The Balaban J connectivity index is 2.42. The van der Waals surface area contributed by atoms with E-state index in [9.17, 15) is 12.8 Å². The molecule has 2 rings (SSSR count). The maximum Gasteiger partial charge on any atom is 0.240 e. The van der Waals surface area contributed by atoms with Gasteiger partial charge in [-0.25, -0.2) is 17.9 Å². The highest BCUT2D eigenvalue weighted by molar-refractivity contribution is 7.89. The third-order valence-electron chi connectivity index (χ3n) is 2.88. The number of nitrogen functional groups attached to an aromatic ring is 1. The van der Waals surface area contributed by atoms with Crippen LogP contribution in [0.15, 0.2) is 47.4 Å². The number of primary sulfonamides is 1. The largest absolute Gasteiger partial charge is 0.398 e. The van der Waals surface area contributed by atoms with Gasteiger partial charge in [-0.2, -0.15) is 0 Å². The van der Waals surface area contributed by atoms with Crippen LogP contribution in [0.1, 0.15) is 0 Å². The van der Waals surface area contributed by atoms with Crippen LogP contribution in [0.2, 0.25) is 0 Å². The monoisotopic (exact) mass is 295 g/mol. The van der Waals surface area contributed by atoms with Crippen LogP contribution in [0.5, 0.6) is 0 Å². The average molecular weight is 295 g/mol. The van der Waals surface area contributed by atoms with Crippen LogP contribution in [0.25, 0.3) is 0 Å². The number of nitrogens with two attached hydrogens (primary N) is 2. The number of rotatable bonds is 3. The summed E-state index contributed by atoms with van der Waals surface area (Å²) in [5, 5.41) is 5.04. The topological polar surface area (TPSA) is 89.4 Å². The highest BCUT2D eigenvalue weighted by Gasteiger charge is 2.14. The second kappa shape index (κ2) is 5.10. The van der Waals surface area contributed by atoms with Crippen molar-refractivity contribution in [3.8, 4) is 0 Å². The number of nitrogens with zero attached hydrogens (tertiary/aromatic N) is 1. The molecular formula is C13H14FN3O2S. The number of hydrogen-bond donors (Lipinski definition) is 2. The van der Waals surface area contributed by atoms with Gasteiger partial charge in [-0.15, -0.1) is 0 Å². The molecule has 0 saturated heterocycles. The minimum absolute atomic E-state index is 0.0493. The van der Waals surface area contributed by atoms with Gasteiger partial charge in [0.2, 0.25) is 10.0 Å². The van der Waals surface area contributed by atoms with Crippen molar-refractivity contribution in [2.24, 2.45) is 5.14 Å². The lowest BCUT2D eigenvalue weighted by atomic mass is 10.2. The number of hydrogen-bond acceptors (Lipinski definition) is 4. The predicted octanol–water partition coefficient (Wildman–Crippen LogP) is 1.82. The van der Waals surface area contributed by atoms with E-state index in [0.29, 0.717) is 11.4 Å². The lowest BCUT2D eigenvalue weighted by Gasteiger charge is -2.20. The average Bonchev–Trinajstić information content (AvgIpc) is 2.36. The Morgan fingerprint density at radius 1 is 1.10 bits per heavy atom. The fourth-order valence-electron chi connectivity index (χ4n) is 1.84. The first-order valence-corrected chi connectivity index (χ1v) is 7.25. The Labute approximate surface area is 116 Å². The molecule has 2 aromatic rings. The summed E-state index contributed by atoms with van der Waals surface area (Å²) in [7, 11) is -2.13. The molecule has 5 nitrogen and oxygen atoms in total. The molecule has 0 unspecified atom stereocenters. The van der Waals surface area contributed by atoms with E-state index in [-0.39, 0.29) is 16.4 Å². The van der Waals surface area contributed by atoms with E-state index in [4.69, 9.17) is 10.9 Å². The first kappa shape index (κ1) is 14.3. The van der Waals surface area contributed by atoms with Gasteiger partial charge in [0.05, 0.1) is 5.69 Å². The van der Waals surface area contributed by atoms with Crippen LogP contribution < -0.4 is 15.8 Å². The van der Waals surface area contributed by atoms with E-state index >= 15 is 0 Å². The summed E-state index contributed by atoms with van der Waals surface area (Å²) in [6, 6.07) is 10.4. The van der Waals surface area contributed by atoms with Crippen LogP contribution in [-0.4, -0.2) is 15.5 Å². The zero-order chi connectivity index (χ0) is 14.9. The maximum atomic E-state index is 13.2. The second-order valence-electron chi connectivity index (χ2n) is 4.31. The Hall–Kier alpha value is -2.12. The highest BCUT2D eigenvalue weighted by Crippen LogP contribution is 2.28. The molecule has 0 spiro atoms. The summed E-state index contributed by atoms with van der Waals surface area (Å²) in [4.78, 5) is 1.56. The van der Waals surface area contributed by atoms with E-state index in [1.165, 1.54) is 24.3 Å². The summed E-state index contributed by atoms with van der Waals surface area (Å²) < 4.78 is 35.8. The summed E-state index contributed by atoms with van der Waals surface area (Å²) in [6.45, 7) is 0. The molecule has 0 aliphatic carbocycles. The van der Waals surface area contributed by atoms with E-state index in [0.717, 1.165) is 0 Å². The third kappa shape index (κ3) is 2.89. The SMILES string of the molecule is CN(c1cccc(F)c1)c1ccc(S(N)(=O)=O)c(N)c1. The molecule has 7 heteroatoms. The molecule has 0 heterocycles. The standard InChI is InChI=1S/C13H14FN3O2S/c1-17(10-4-2-3-9(14)7-10)11-5-6-13(12(15)8-11)20(16,18)19/h2-8H,15H2,1H3,(H2,16,18,19). The maximum absolute atomic E-state index is 13.2. The number of benzene rings is 2. The van der Waals surface area contributed by atoms with Crippen LogP contribution in [0, 0.1) is 5.82 Å². The molecule has 0 aliphatic heterocycles. The molecule has 2 aromatic carbocycles. The molecule has 0 amide bonds. The lowest BCUT2D eigenvalue weighted by molar-refractivity contribution is 0.598. The van der Waals surface area contributed by atoms with Crippen LogP contribution in [0.3, 0.4) is 0 Å². The summed E-state index contributed by atoms with van der Waals surface area (Å²) in [5.41, 5.74) is 6.99. The Morgan fingerprint density at radius 3 is 2.30 bits per heavy atom. The van der Waals surface area contributed by atoms with E-state index in [1.54, 1.807) is 30.1 Å². The quantitative estimate of drug-likeness (QED) is 0.845. The summed E-state index contributed by atoms with van der Waals surface area (Å²) in [6.07, 6.45) is 0. The van der Waals surface area contributed by atoms with Crippen LogP contribution >= 0.6 is 0 Å². The molecular weight excluding hydrogens is 281 g/mol. The van der Waals surface area contributed by atoms with Crippen LogP contribution in [0.4, 0.5) is 21.5 Å². The summed E-state index contributed by atoms with van der Waals surface area (Å²) in [5.74, 6) is -0.358. The Kier molecular flexibility index (Phi) is 3.65. The van der Waals surface area contributed by atoms with Crippen molar-refractivity contribution in [1.29, 1.82) is 0 Å². The normalized spacial score (nSPS) is 11.3. The van der Waals surface area contributed by atoms with Gasteiger partial charge in [0.25, 0.3) is 0 Å². The van der Waals surface area contributed by atoms with Crippen molar-refractivity contribution < 1.29 is 12.8 Å². The Bertz CT molecular complexity index is 747. The molecule has 0 radical (unpaired) electrons. The highest BCUT2D eigenvalue weighted by atomic mass is 32.2. The van der Waals surface area contributed by atoms with E-state index < -0.39 is 10.0 Å². The van der Waals surface area contributed by atoms with E-state index in [1.807, 2.05) is 0 Å². The molecule has 106 valence electrons. The van der Waals surface area contributed by atoms with Gasteiger partial charge < -0.3 is 10.6 Å². The predicted molar refractivity (Wildman–Crippen MR) is 76.7 cm³/mol. The van der Waals surface area contributed by atoms with Crippen molar-refractivity contribution in [2.45, 2.75) is 4.90 Å². The van der Waals surface area contributed by atoms with Gasteiger partial charge in [0, 0.05) is 18.4 Å². The number of anilines is 3. The van der Waals surface area contributed by atoms with Gasteiger partial charge in [-0.3, -0.25) is 0 Å². The van der Waals surface area contributed by atoms with E-state index in [2.05, 4.69) is 0 Å². The van der Waals surface area contributed by atoms with Crippen molar-refractivity contribution in [3.05, 3.63) is 48.3 Å². The molecule has 4 N–H and O–H groups in total. The second-order valence-corrected chi connectivity index (χ2v) is 5.84. The molecule has 20 heavy (non-hydrogen) atoms. The molecule has 0 bridgehead atoms. The molecule has 0 fully saturated rings. The lowest BCUT2D eigenvalue weighted by Crippen LogP contribution is -2.15. The fraction of sp³-hybridized carbons (Fsp3) is 0.0769. The first-order valence-electron chi connectivity index (χ1n) is 5.70. The third-order valence-corrected chi connectivity index (χ3v) is 3.87. The van der Waals surface area contributed by atoms with Crippen molar-refractivity contribution >= 4 is 27.1 Å². The minimum Gasteiger partial charge on any atom is -0.398 e. The van der Waals surface area contributed by atoms with Gasteiger partial charge >= 0.3 is 0 Å². The number of sulfonamides is 1. The van der Waals surface area contributed by atoms with Crippen molar-refractivity contribution in [2.75, 3.05) is 17.7 Å². The Morgan fingerprint density at radius 2 is 1.75 bits per heavy atom. The van der Waals surface area contributed by atoms with Crippen LogP contribution in [-0.2, 0) is 10.0 Å². The van der Waals surface area contributed by atoms with Crippen molar-refractivity contribution in [1.82, 2.24) is 0 Å². The zero-order valence-corrected chi connectivity index (χ0v) is 11.6. The van der Waals surface area contributed by atoms with Gasteiger partial charge in [-0.1, -0.05) is 6.07 Å². The minimum atomic E-state index is -3.85. The molecule has 0 aromatic heterocycles. The fourth-order valence-corrected chi connectivity index (χ4v) is 2.48. The van der Waals surface area contributed by atoms with Gasteiger partial charge in [0.1, 0.15) is 10.7 Å². The molecule has 0 aliphatic rings.